The number of nitrogens with one attached hydrogen (secondary N) is 1. The number of anilines is 2. The maximum Gasteiger partial charge on any atom is 0.229 e. The molecule has 1 heterocycles. The van der Waals surface area contributed by atoms with Gasteiger partial charge in [-0.1, -0.05) is 43.4 Å². The minimum absolute atomic E-state index is 0.0974. The minimum atomic E-state index is -0.292. The number of rotatable bonds is 4. The standard InChI is InChI=1S/C20H28ClN3O2/c1-23(2)19-16(21)10-7-11-17(19)22-20(26)14-12-18(25)24(13-14)15-8-5-3-4-6-9-15/h7,10-11,14-15H,3-6,8-9,12-13H2,1-2H3,(H,22,26). The van der Waals surface area contributed by atoms with Crippen molar-refractivity contribution in [3.05, 3.63) is 23.2 Å². The first-order valence-corrected chi connectivity index (χ1v) is 9.91. The van der Waals surface area contributed by atoms with Crippen LogP contribution in [0.2, 0.25) is 5.02 Å². The Balaban J connectivity index is 1.68. The minimum Gasteiger partial charge on any atom is -0.375 e. The van der Waals surface area contributed by atoms with Gasteiger partial charge in [0.25, 0.3) is 0 Å². The predicted molar refractivity (Wildman–Crippen MR) is 106 cm³/mol. The van der Waals surface area contributed by atoms with Gasteiger partial charge in [0.15, 0.2) is 0 Å². The van der Waals surface area contributed by atoms with Crippen molar-refractivity contribution in [2.45, 2.75) is 51.0 Å². The molecule has 1 saturated heterocycles. The summed E-state index contributed by atoms with van der Waals surface area (Å²) in [5.74, 6) is -0.268. The van der Waals surface area contributed by atoms with E-state index in [4.69, 9.17) is 11.6 Å². The quantitative estimate of drug-likeness (QED) is 0.809. The molecule has 0 bridgehead atoms. The molecule has 1 N–H and O–H groups in total. The van der Waals surface area contributed by atoms with Gasteiger partial charge in [-0.2, -0.15) is 0 Å². The molecule has 5 nitrogen and oxygen atoms in total. The molecule has 142 valence electrons. The Morgan fingerprint density at radius 1 is 1.19 bits per heavy atom. The summed E-state index contributed by atoms with van der Waals surface area (Å²) in [5.41, 5.74) is 1.47. The molecule has 2 amide bonds. The Bertz CT molecular complexity index is 669. The van der Waals surface area contributed by atoms with E-state index in [9.17, 15) is 9.59 Å². The van der Waals surface area contributed by atoms with E-state index in [0.29, 0.717) is 29.7 Å². The lowest BCUT2D eigenvalue weighted by molar-refractivity contribution is -0.130. The first kappa shape index (κ1) is 19.0. The number of hydrogen-bond acceptors (Lipinski definition) is 3. The number of carbonyl (C=O) groups excluding carboxylic acids is 2. The molecule has 1 aromatic carbocycles. The smallest absolute Gasteiger partial charge is 0.229 e. The predicted octanol–water partition coefficient (Wildman–Crippen LogP) is 3.92. The van der Waals surface area contributed by atoms with Crippen molar-refractivity contribution in [1.82, 2.24) is 4.90 Å². The molecule has 1 aliphatic carbocycles. The number of para-hydroxylation sites is 1. The number of hydrogen-bond donors (Lipinski definition) is 1. The van der Waals surface area contributed by atoms with Gasteiger partial charge in [0, 0.05) is 33.1 Å². The van der Waals surface area contributed by atoms with Gasteiger partial charge in [0.1, 0.15) is 0 Å². The monoisotopic (exact) mass is 377 g/mol. The summed E-state index contributed by atoms with van der Waals surface area (Å²) in [4.78, 5) is 29.1. The van der Waals surface area contributed by atoms with Crippen molar-refractivity contribution in [3.63, 3.8) is 0 Å². The molecular weight excluding hydrogens is 350 g/mol. The molecule has 1 saturated carbocycles. The van der Waals surface area contributed by atoms with Crippen LogP contribution in [0.4, 0.5) is 11.4 Å². The summed E-state index contributed by atoms with van der Waals surface area (Å²) in [5, 5.41) is 3.58. The summed E-state index contributed by atoms with van der Waals surface area (Å²) >= 11 is 6.28. The third-order valence-electron chi connectivity index (χ3n) is 5.49. The molecule has 6 heteroatoms. The summed E-state index contributed by atoms with van der Waals surface area (Å²) in [7, 11) is 3.79. The van der Waals surface area contributed by atoms with E-state index in [1.807, 2.05) is 36.0 Å². The van der Waals surface area contributed by atoms with Crippen LogP contribution in [-0.4, -0.2) is 43.4 Å². The number of benzene rings is 1. The number of halogens is 1. The lowest BCUT2D eigenvalue weighted by Crippen LogP contribution is -2.37. The van der Waals surface area contributed by atoms with Gasteiger partial charge in [-0.3, -0.25) is 9.59 Å². The van der Waals surface area contributed by atoms with Crippen LogP contribution in [0.1, 0.15) is 44.9 Å². The van der Waals surface area contributed by atoms with E-state index in [-0.39, 0.29) is 17.7 Å². The van der Waals surface area contributed by atoms with Gasteiger partial charge >= 0.3 is 0 Å². The molecule has 1 aromatic rings. The Hall–Kier alpha value is -1.75. The average molecular weight is 378 g/mol. The van der Waals surface area contributed by atoms with Gasteiger partial charge in [0.05, 0.1) is 22.3 Å². The summed E-state index contributed by atoms with van der Waals surface area (Å²) < 4.78 is 0. The maximum absolute atomic E-state index is 12.8. The van der Waals surface area contributed by atoms with Crippen molar-refractivity contribution in [2.75, 3.05) is 30.9 Å². The zero-order valence-corrected chi connectivity index (χ0v) is 16.4. The first-order chi connectivity index (χ1) is 12.5. The number of nitrogens with zero attached hydrogens (tertiary/aromatic N) is 2. The van der Waals surface area contributed by atoms with Gasteiger partial charge in [-0.25, -0.2) is 0 Å². The average Bonchev–Trinajstić information content (AvgIpc) is 2.80. The van der Waals surface area contributed by atoms with E-state index in [0.717, 1.165) is 18.5 Å². The molecule has 0 radical (unpaired) electrons. The van der Waals surface area contributed by atoms with E-state index >= 15 is 0 Å². The SMILES string of the molecule is CN(C)c1c(Cl)cccc1NC(=O)C1CC(=O)N(C2CCCCCC2)C1. The summed E-state index contributed by atoms with van der Waals surface area (Å²) in [6, 6.07) is 5.78. The number of carbonyl (C=O) groups is 2. The molecule has 0 aromatic heterocycles. The Labute approximate surface area is 160 Å². The Kier molecular flexibility index (Phi) is 6.07. The lowest BCUT2D eigenvalue weighted by Gasteiger charge is -2.27. The molecule has 26 heavy (non-hydrogen) atoms. The van der Waals surface area contributed by atoms with Crippen LogP contribution >= 0.6 is 11.6 Å². The van der Waals surface area contributed by atoms with Crippen molar-refractivity contribution < 1.29 is 9.59 Å². The molecule has 0 spiro atoms. The van der Waals surface area contributed by atoms with E-state index < -0.39 is 0 Å². The molecule has 1 unspecified atom stereocenters. The molecule has 1 aliphatic heterocycles. The van der Waals surface area contributed by atoms with Gasteiger partial charge in [-0.15, -0.1) is 0 Å². The fourth-order valence-electron chi connectivity index (χ4n) is 4.14. The molecule has 3 rings (SSSR count). The fraction of sp³-hybridized carbons (Fsp3) is 0.600. The van der Waals surface area contributed by atoms with E-state index in [2.05, 4.69) is 5.32 Å². The van der Waals surface area contributed by atoms with Gasteiger partial charge < -0.3 is 15.1 Å². The zero-order valence-electron chi connectivity index (χ0n) is 15.6. The van der Waals surface area contributed by atoms with Crippen LogP contribution in [0.25, 0.3) is 0 Å². The highest BCUT2D eigenvalue weighted by Gasteiger charge is 2.38. The second-order valence-corrected chi connectivity index (χ2v) is 8.02. The normalized spacial score (nSPS) is 21.6. The van der Waals surface area contributed by atoms with E-state index in [1.54, 1.807) is 6.07 Å². The van der Waals surface area contributed by atoms with Crippen LogP contribution in [0.5, 0.6) is 0 Å². The number of amides is 2. The summed E-state index contributed by atoms with van der Waals surface area (Å²) in [6.07, 6.45) is 7.31. The maximum atomic E-state index is 12.8. The topological polar surface area (TPSA) is 52.7 Å². The highest BCUT2D eigenvalue weighted by molar-refractivity contribution is 6.34. The van der Waals surface area contributed by atoms with Crippen molar-refractivity contribution in [2.24, 2.45) is 5.92 Å². The van der Waals surface area contributed by atoms with Crippen molar-refractivity contribution >= 4 is 34.8 Å². The molecule has 2 fully saturated rings. The van der Waals surface area contributed by atoms with Crippen molar-refractivity contribution in [3.8, 4) is 0 Å². The zero-order chi connectivity index (χ0) is 18.7. The molecule has 2 aliphatic rings. The fourth-order valence-corrected chi connectivity index (χ4v) is 4.48. The molecule has 1 atom stereocenters. The van der Waals surface area contributed by atoms with Crippen LogP contribution < -0.4 is 10.2 Å². The third-order valence-corrected chi connectivity index (χ3v) is 5.79. The van der Waals surface area contributed by atoms with Gasteiger partial charge in [0.2, 0.25) is 11.8 Å². The van der Waals surface area contributed by atoms with E-state index in [1.165, 1.54) is 25.7 Å². The van der Waals surface area contributed by atoms with Crippen LogP contribution in [-0.2, 0) is 9.59 Å². The Morgan fingerprint density at radius 2 is 1.88 bits per heavy atom. The number of likely N-dealkylation sites (tertiary alicyclic amines) is 1. The second-order valence-electron chi connectivity index (χ2n) is 7.61. The Morgan fingerprint density at radius 3 is 2.54 bits per heavy atom. The van der Waals surface area contributed by atoms with Gasteiger partial charge in [-0.05, 0) is 25.0 Å². The second kappa shape index (κ2) is 8.30. The largest absolute Gasteiger partial charge is 0.375 e. The highest BCUT2D eigenvalue weighted by Crippen LogP contribution is 2.34. The van der Waals surface area contributed by atoms with Crippen molar-refractivity contribution in [1.29, 1.82) is 0 Å². The van der Waals surface area contributed by atoms with Crippen LogP contribution in [0.3, 0.4) is 0 Å². The lowest BCUT2D eigenvalue weighted by atomic mass is 10.1. The summed E-state index contributed by atoms with van der Waals surface area (Å²) in [6.45, 7) is 0.535. The third kappa shape index (κ3) is 4.14. The highest BCUT2D eigenvalue weighted by atomic mass is 35.5. The van der Waals surface area contributed by atoms with Crippen LogP contribution in [0.15, 0.2) is 18.2 Å². The molecular formula is C20H28ClN3O2. The first-order valence-electron chi connectivity index (χ1n) is 9.53. The van der Waals surface area contributed by atoms with Crippen LogP contribution in [0, 0.1) is 5.92 Å².